The summed E-state index contributed by atoms with van der Waals surface area (Å²) < 4.78 is 0. The van der Waals surface area contributed by atoms with Crippen molar-refractivity contribution in [2.45, 2.75) is 6.04 Å². The smallest absolute Gasteiger partial charge is 0.159 e. The van der Waals surface area contributed by atoms with E-state index in [2.05, 4.69) is 10.3 Å². The van der Waals surface area contributed by atoms with Gasteiger partial charge in [-0.1, -0.05) is 18.2 Å². The molecule has 1 aromatic carbocycles. The predicted octanol–water partition coefficient (Wildman–Crippen LogP) is 1.63. The van der Waals surface area contributed by atoms with Crippen LogP contribution in [0.3, 0.4) is 0 Å². The molecule has 0 fully saturated rings. The summed E-state index contributed by atoms with van der Waals surface area (Å²) in [6.07, 6.45) is 0.622. The number of hydroxylamine groups is 1. The van der Waals surface area contributed by atoms with Gasteiger partial charge in [0.05, 0.1) is 5.69 Å². The van der Waals surface area contributed by atoms with Crippen LogP contribution in [-0.2, 0) is 4.79 Å². The van der Waals surface area contributed by atoms with Crippen LogP contribution >= 0.6 is 0 Å². The normalized spacial score (nSPS) is 19.8. The molecule has 0 aliphatic carbocycles. The Bertz CT molecular complexity index is 364. The summed E-state index contributed by atoms with van der Waals surface area (Å²) >= 11 is 0. The van der Waals surface area contributed by atoms with E-state index in [1.807, 2.05) is 0 Å². The highest BCUT2D eigenvalue weighted by atomic mass is 16.5. The number of carbonyl (C=O) groups excluding carboxylic acids is 1. The lowest BCUT2D eigenvalue weighted by Crippen LogP contribution is -2.22. The van der Waals surface area contributed by atoms with Crippen LogP contribution in [0.4, 0.5) is 5.69 Å². The van der Waals surface area contributed by atoms with E-state index < -0.39 is 6.04 Å². The van der Waals surface area contributed by atoms with Gasteiger partial charge in [0.2, 0.25) is 0 Å². The molecular weight excluding hydrogens is 170 g/mol. The first-order valence-corrected chi connectivity index (χ1v) is 3.77. The van der Waals surface area contributed by atoms with Crippen LogP contribution < -0.4 is 0 Å². The number of aldehydes is 1. The fourth-order valence-electron chi connectivity index (χ4n) is 1.23. The fourth-order valence-corrected chi connectivity index (χ4v) is 1.23. The van der Waals surface area contributed by atoms with Crippen LogP contribution in [0.25, 0.3) is 0 Å². The molecule has 1 aliphatic rings. The molecule has 13 heavy (non-hydrogen) atoms. The van der Waals surface area contributed by atoms with E-state index in [9.17, 15) is 4.79 Å². The second-order valence-electron chi connectivity index (χ2n) is 2.65. The minimum absolute atomic E-state index is 0.551. The minimum Gasteiger partial charge on any atom is -0.300 e. The third-order valence-corrected chi connectivity index (χ3v) is 1.88. The van der Waals surface area contributed by atoms with Crippen LogP contribution in [0.15, 0.2) is 34.6 Å². The van der Waals surface area contributed by atoms with Gasteiger partial charge >= 0.3 is 0 Å². The lowest BCUT2D eigenvalue weighted by atomic mass is 10.1. The van der Waals surface area contributed by atoms with Crippen molar-refractivity contribution >= 4 is 12.0 Å². The molecule has 0 spiro atoms. The predicted molar refractivity (Wildman–Crippen MR) is 43.4 cm³/mol. The number of rotatable bonds is 1. The maximum atomic E-state index is 10.6. The average Bonchev–Trinajstić information content (AvgIpc) is 2.18. The first-order chi connectivity index (χ1) is 6.33. The van der Waals surface area contributed by atoms with Gasteiger partial charge in [-0.3, -0.25) is 5.21 Å². The summed E-state index contributed by atoms with van der Waals surface area (Å²) in [5.74, 6) is 0. The number of carbonyl (C=O) groups is 1. The summed E-state index contributed by atoms with van der Waals surface area (Å²) in [6.45, 7) is 0. The maximum Gasteiger partial charge on any atom is 0.159 e. The monoisotopic (exact) mass is 177 g/mol. The highest BCUT2D eigenvalue weighted by Crippen LogP contribution is 2.31. The number of fused-ring (bicyclic) bond motifs is 1. The van der Waals surface area contributed by atoms with E-state index in [0.29, 0.717) is 22.7 Å². The van der Waals surface area contributed by atoms with Crippen LogP contribution in [0.5, 0.6) is 0 Å². The zero-order valence-electron chi connectivity index (χ0n) is 6.66. The van der Waals surface area contributed by atoms with Crippen LogP contribution in [-0.4, -0.2) is 16.7 Å². The Morgan fingerprint density at radius 1 is 1.46 bits per heavy atom. The van der Waals surface area contributed by atoms with Gasteiger partial charge in [-0.2, -0.15) is 0 Å². The Morgan fingerprint density at radius 2 is 2.23 bits per heavy atom. The topological polar surface area (TPSA) is 65.3 Å². The first kappa shape index (κ1) is 7.88. The molecule has 0 aromatic heterocycles. The molecule has 1 heterocycles. The number of nitrogens with zero attached hydrogens (tertiary/aromatic N) is 3. The molecule has 1 atom stereocenters. The number of benzene rings is 1. The van der Waals surface area contributed by atoms with Crippen LogP contribution in [0.1, 0.15) is 11.6 Å². The highest BCUT2D eigenvalue weighted by Gasteiger charge is 2.23. The molecule has 66 valence electrons. The third kappa shape index (κ3) is 1.19. The maximum absolute atomic E-state index is 10.6. The molecule has 1 N–H and O–H groups in total. The second-order valence-corrected chi connectivity index (χ2v) is 2.65. The Balaban J connectivity index is 2.53. The zero-order valence-corrected chi connectivity index (χ0v) is 6.66. The van der Waals surface area contributed by atoms with Crippen molar-refractivity contribution in [3.63, 3.8) is 0 Å². The molecule has 2 rings (SSSR count). The molecule has 1 unspecified atom stereocenters. The molecule has 5 heteroatoms. The van der Waals surface area contributed by atoms with Gasteiger partial charge in [0.1, 0.15) is 0 Å². The average molecular weight is 177 g/mol. The van der Waals surface area contributed by atoms with Crippen molar-refractivity contribution in [3.8, 4) is 0 Å². The molecule has 0 saturated carbocycles. The Morgan fingerprint density at radius 3 is 3.00 bits per heavy atom. The summed E-state index contributed by atoms with van der Waals surface area (Å²) in [6, 6.07) is 6.31. The molecule has 0 bridgehead atoms. The quantitative estimate of drug-likeness (QED) is 0.663. The number of hydrogen-bond donors (Lipinski definition) is 1. The first-order valence-electron chi connectivity index (χ1n) is 3.77. The third-order valence-electron chi connectivity index (χ3n) is 1.88. The Kier molecular flexibility index (Phi) is 1.79. The van der Waals surface area contributed by atoms with Crippen molar-refractivity contribution in [2.75, 3.05) is 0 Å². The molecule has 0 saturated heterocycles. The second kappa shape index (κ2) is 2.95. The fraction of sp³-hybridized carbons (Fsp3) is 0.125. The lowest BCUT2D eigenvalue weighted by Gasteiger charge is -2.21. The van der Waals surface area contributed by atoms with E-state index in [1.165, 1.54) is 0 Å². The molecule has 0 amide bonds. The van der Waals surface area contributed by atoms with Gasteiger partial charge in [0, 0.05) is 5.56 Å². The highest BCUT2D eigenvalue weighted by molar-refractivity contribution is 5.66. The Labute approximate surface area is 74.2 Å². The van der Waals surface area contributed by atoms with E-state index in [0.717, 1.165) is 0 Å². The summed E-state index contributed by atoms with van der Waals surface area (Å²) in [7, 11) is 0. The summed E-state index contributed by atoms with van der Waals surface area (Å²) in [5, 5.41) is 16.8. The van der Waals surface area contributed by atoms with E-state index in [1.54, 1.807) is 24.3 Å². The molecule has 1 aliphatic heterocycles. The van der Waals surface area contributed by atoms with Gasteiger partial charge in [0.25, 0.3) is 0 Å². The van der Waals surface area contributed by atoms with Crippen molar-refractivity contribution in [3.05, 3.63) is 29.8 Å². The zero-order chi connectivity index (χ0) is 9.26. The molecule has 5 nitrogen and oxygen atoms in total. The van der Waals surface area contributed by atoms with Gasteiger partial charge in [0.15, 0.2) is 12.3 Å². The van der Waals surface area contributed by atoms with E-state index >= 15 is 0 Å². The summed E-state index contributed by atoms with van der Waals surface area (Å²) in [5.41, 5.74) is 1.28. The standard InChI is InChI=1S/C8H7N3O2/c12-5-8-6-3-1-2-4-7(6)9-10-11(8)13/h1-5,8,13H. The minimum atomic E-state index is -0.742. The molecule has 1 aromatic rings. The lowest BCUT2D eigenvalue weighted by molar-refractivity contribution is -0.150. The number of hydrogen-bond acceptors (Lipinski definition) is 5. The van der Waals surface area contributed by atoms with Crippen molar-refractivity contribution in [2.24, 2.45) is 10.3 Å². The van der Waals surface area contributed by atoms with Crippen molar-refractivity contribution < 1.29 is 10.0 Å². The van der Waals surface area contributed by atoms with Gasteiger partial charge in [-0.15, -0.1) is 10.3 Å². The Hall–Kier alpha value is -1.75. The molecular formula is C8H7N3O2. The molecule has 0 radical (unpaired) electrons. The van der Waals surface area contributed by atoms with Crippen molar-refractivity contribution in [1.82, 2.24) is 5.17 Å². The largest absolute Gasteiger partial charge is 0.300 e. The van der Waals surface area contributed by atoms with E-state index in [4.69, 9.17) is 5.21 Å². The van der Waals surface area contributed by atoms with Crippen LogP contribution in [0, 0.1) is 0 Å². The van der Waals surface area contributed by atoms with Crippen LogP contribution in [0.2, 0.25) is 0 Å². The van der Waals surface area contributed by atoms with Gasteiger partial charge < -0.3 is 4.79 Å². The van der Waals surface area contributed by atoms with Crippen molar-refractivity contribution in [1.29, 1.82) is 0 Å². The van der Waals surface area contributed by atoms with E-state index in [-0.39, 0.29) is 0 Å². The van der Waals surface area contributed by atoms with Gasteiger partial charge in [-0.25, -0.2) is 0 Å². The SMILES string of the molecule is O=CC1c2ccccc2N=NN1O. The van der Waals surface area contributed by atoms with Gasteiger partial charge in [-0.05, 0) is 11.3 Å². The summed E-state index contributed by atoms with van der Waals surface area (Å²) in [4.78, 5) is 10.6.